The highest BCUT2D eigenvalue weighted by molar-refractivity contribution is 7.05. The Balaban J connectivity index is 0. The Bertz CT molecular complexity index is 184. The van der Waals surface area contributed by atoms with Gasteiger partial charge in [0.25, 0.3) is 0 Å². The third kappa shape index (κ3) is 5.04. The third-order valence-electron chi connectivity index (χ3n) is 1.53. The number of aryl methyl sites for hydroxylation is 2. The van der Waals surface area contributed by atoms with Crippen molar-refractivity contribution >= 4 is 11.5 Å². The number of nitrogens with zero attached hydrogens (tertiary/aromatic N) is 1. The maximum Gasteiger partial charge on any atom is 0.0545 e. The Morgan fingerprint density at radius 3 is 1.69 bits per heavy atom. The van der Waals surface area contributed by atoms with E-state index in [2.05, 4.69) is 25.1 Å². The van der Waals surface area contributed by atoms with Crippen molar-refractivity contribution in [2.75, 3.05) is 0 Å². The number of aromatic nitrogens is 1. The molecule has 1 heterocycles. The zero-order valence-corrected chi connectivity index (χ0v) is 10.9. The molecule has 0 aliphatic carbocycles. The first-order valence-corrected chi connectivity index (χ1v) is 5.94. The van der Waals surface area contributed by atoms with Crippen molar-refractivity contribution < 1.29 is 0 Å². The summed E-state index contributed by atoms with van der Waals surface area (Å²) in [5, 5.41) is 0. The predicted molar refractivity (Wildman–Crippen MR) is 63.7 cm³/mol. The van der Waals surface area contributed by atoms with E-state index in [-0.39, 0.29) is 0 Å². The molecule has 1 aromatic rings. The molecule has 0 saturated heterocycles. The predicted octanol–water partition coefficient (Wildman–Crippen LogP) is 4.37. The van der Waals surface area contributed by atoms with Crippen molar-refractivity contribution in [2.24, 2.45) is 0 Å². The standard InChI is InChI=1S/C7H11NS.2C2H6/c1-4-7-5(2)8-9-6(7)3;2*1-2/h4H2,1-3H3;2*1-2H3. The highest BCUT2D eigenvalue weighted by Crippen LogP contribution is 2.16. The summed E-state index contributed by atoms with van der Waals surface area (Å²) < 4.78 is 4.23. The van der Waals surface area contributed by atoms with Crippen LogP contribution in [0.1, 0.15) is 50.8 Å². The molecule has 0 saturated carbocycles. The van der Waals surface area contributed by atoms with Gasteiger partial charge in [-0.15, -0.1) is 0 Å². The van der Waals surface area contributed by atoms with Crippen LogP contribution in [0.3, 0.4) is 0 Å². The van der Waals surface area contributed by atoms with E-state index in [0.29, 0.717) is 0 Å². The minimum atomic E-state index is 1.12. The van der Waals surface area contributed by atoms with Crippen LogP contribution < -0.4 is 0 Å². The third-order valence-corrected chi connectivity index (χ3v) is 2.42. The van der Waals surface area contributed by atoms with E-state index in [9.17, 15) is 0 Å². The van der Waals surface area contributed by atoms with Crippen molar-refractivity contribution in [1.29, 1.82) is 0 Å². The molecule has 78 valence electrons. The largest absolute Gasteiger partial charge is 0.197 e. The fourth-order valence-corrected chi connectivity index (χ4v) is 1.79. The van der Waals surface area contributed by atoms with Gasteiger partial charge >= 0.3 is 0 Å². The molecule has 0 amide bonds. The second kappa shape index (κ2) is 9.72. The molecule has 2 heteroatoms. The van der Waals surface area contributed by atoms with Crippen LogP contribution in [-0.2, 0) is 6.42 Å². The van der Waals surface area contributed by atoms with Crippen LogP contribution in [-0.4, -0.2) is 4.37 Å². The summed E-state index contributed by atoms with van der Waals surface area (Å²) in [7, 11) is 0. The molecule has 0 bridgehead atoms. The van der Waals surface area contributed by atoms with Gasteiger partial charge in [0, 0.05) is 4.88 Å². The fourth-order valence-electron chi connectivity index (χ4n) is 1.01. The minimum absolute atomic E-state index is 1.12. The maximum atomic E-state index is 4.23. The molecule has 0 aliphatic heterocycles. The van der Waals surface area contributed by atoms with Crippen LogP contribution in [0.15, 0.2) is 0 Å². The Hall–Kier alpha value is -0.370. The van der Waals surface area contributed by atoms with Crippen LogP contribution in [0.25, 0.3) is 0 Å². The summed E-state index contributed by atoms with van der Waals surface area (Å²) in [6.45, 7) is 14.4. The molecular weight excluding hydrogens is 178 g/mol. The van der Waals surface area contributed by atoms with Gasteiger partial charge in [-0.05, 0) is 37.4 Å². The van der Waals surface area contributed by atoms with Crippen LogP contribution in [0.4, 0.5) is 0 Å². The molecule has 0 radical (unpaired) electrons. The average molecular weight is 201 g/mol. The van der Waals surface area contributed by atoms with E-state index in [1.54, 1.807) is 11.5 Å². The van der Waals surface area contributed by atoms with Crippen LogP contribution in [0.2, 0.25) is 0 Å². The summed E-state index contributed by atoms with van der Waals surface area (Å²) in [5.41, 5.74) is 2.64. The van der Waals surface area contributed by atoms with E-state index >= 15 is 0 Å². The van der Waals surface area contributed by atoms with E-state index in [4.69, 9.17) is 0 Å². The molecule has 0 fully saturated rings. The Morgan fingerprint density at radius 2 is 1.54 bits per heavy atom. The van der Waals surface area contributed by atoms with E-state index in [1.807, 2.05) is 27.7 Å². The zero-order valence-electron chi connectivity index (χ0n) is 10.1. The highest BCUT2D eigenvalue weighted by atomic mass is 32.1. The summed E-state index contributed by atoms with van der Waals surface area (Å²) in [5.74, 6) is 0. The molecule has 1 rings (SSSR count). The molecule has 1 aromatic heterocycles. The minimum Gasteiger partial charge on any atom is -0.197 e. The maximum absolute atomic E-state index is 4.23. The molecule has 13 heavy (non-hydrogen) atoms. The molecular formula is C11H23NS. The summed E-state index contributed by atoms with van der Waals surface area (Å²) in [6.07, 6.45) is 1.12. The van der Waals surface area contributed by atoms with Gasteiger partial charge in [0.1, 0.15) is 0 Å². The van der Waals surface area contributed by atoms with Gasteiger partial charge in [-0.3, -0.25) is 0 Å². The summed E-state index contributed by atoms with van der Waals surface area (Å²) >= 11 is 1.61. The Labute approximate surface area is 87.4 Å². The fraction of sp³-hybridized carbons (Fsp3) is 0.727. The smallest absolute Gasteiger partial charge is 0.0545 e. The van der Waals surface area contributed by atoms with Crippen molar-refractivity contribution in [3.8, 4) is 0 Å². The first-order chi connectivity index (χ1) is 6.25. The van der Waals surface area contributed by atoms with Crippen molar-refractivity contribution in [3.63, 3.8) is 0 Å². The zero-order chi connectivity index (χ0) is 10.9. The van der Waals surface area contributed by atoms with Gasteiger partial charge in [0.2, 0.25) is 0 Å². The Morgan fingerprint density at radius 1 is 1.08 bits per heavy atom. The highest BCUT2D eigenvalue weighted by Gasteiger charge is 2.01. The van der Waals surface area contributed by atoms with Gasteiger partial charge in [-0.2, -0.15) is 4.37 Å². The van der Waals surface area contributed by atoms with E-state index in [1.165, 1.54) is 16.1 Å². The van der Waals surface area contributed by atoms with Crippen LogP contribution >= 0.6 is 11.5 Å². The second-order valence-electron chi connectivity index (χ2n) is 2.16. The lowest BCUT2D eigenvalue weighted by molar-refractivity contribution is 1.08. The van der Waals surface area contributed by atoms with Gasteiger partial charge in [0.15, 0.2) is 0 Å². The van der Waals surface area contributed by atoms with Crippen molar-refractivity contribution in [1.82, 2.24) is 4.37 Å². The monoisotopic (exact) mass is 201 g/mol. The lowest BCUT2D eigenvalue weighted by Crippen LogP contribution is -1.82. The van der Waals surface area contributed by atoms with Gasteiger partial charge in [0.05, 0.1) is 5.69 Å². The molecule has 0 unspecified atom stereocenters. The molecule has 0 atom stereocenters. The lowest BCUT2D eigenvalue weighted by atomic mass is 10.2. The quantitative estimate of drug-likeness (QED) is 0.657. The summed E-state index contributed by atoms with van der Waals surface area (Å²) in [4.78, 5) is 1.37. The lowest BCUT2D eigenvalue weighted by Gasteiger charge is -1.91. The first-order valence-electron chi connectivity index (χ1n) is 5.17. The number of hydrogen-bond acceptors (Lipinski definition) is 2. The van der Waals surface area contributed by atoms with Crippen LogP contribution in [0.5, 0.6) is 0 Å². The van der Waals surface area contributed by atoms with Crippen molar-refractivity contribution in [3.05, 3.63) is 16.1 Å². The molecule has 1 nitrogen and oxygen atoms in total. The second-order valence-corrected chi connectivity index (χ2v) is 3.13. The van der Waals surface area contributed by atoms with Crippen LogP contribution in [0, 0.1) is 13.8 Å². The topological polar surface area (TPSA) is 12.9 Å². The van der Waals surface area contributed by atoms with Crippen molar-refractivity contribution in [2.45, 2.75) is 54.9 Å². The number of rotatable bonds is 1. The molecule has 0 aliphatic rings. The van der Waals surface area contributed by atoms with E-state index < -0.39 is 0 Å². The van der Waals surface area contributed by atoms with Gasteiger partial charge < -0.3 is 0 Å². The number of hydrogen-bond donors (Lipinski definition) is 0. The summed E-state index contributed by atoms with van der Waals surface area (Å²) in [6, 6.07) is 0. The van der Waals surface area contributed by atoms with Gasteiger partial charge in [-0.1, -0.05) is 34.6 Å². The Kier molecular flexibility index (Phi) is 11.3. The molecule has 0 N–H and O–H groups in total. The molecule has 0 aromatic carbocycles. The van der Waals surface area contributed by atoms with E-state index in [0.717, 1.165) is 6.42 Å². The average Bonchev–Trinajstić information content (AvgIpc) is 2.52. The van der Waals surface area contributed by atoms with Gasteiger partial charge in [-0.25, -0.2) is 0 Å². The SMILES string of the molecule is CC.CC.CCc1c(C)nsc1C. The first kappa shape index (κ1) is 15.1. The normalized spacial score (nSPS) is 7.92. The molecule has 0 spiro atoms.